The number of hydrogen-bond acceptors (Lipinski definition) is 7. The van der Waals surface area contributed by atoms with Crippen LogP contribution in [0.15, 0.2) is 23.7 Å². The molecule has 0 radical (unpaired) electrons. The summed E-state index contributed by atoms with van der Waals surface area (Å²) in [7, 11) is 1.60. The van der Waals surface area contributed by atoms with Gasteiger partial charge in [-0.25, -0.2) is 9.97 Å². The van der Waals surface area contributed by atoms with Gasteiger partial charge in [0.2, 0.25) is 0 Å². The van der Waals surface area contributed by atoms with Crippen molar-refractivity contribution in [2.75, 3.05) is 51.5 Å². The molecule has 1 amide bonds. The number of rotatable bonds is 6. The molecular weight excluding hydrogens is 328 g/mol. The number of amides is 1. The minimum absolute atomic E-state index is 0.183. The fourth-order valence-electron chi connectivity index (χ4n) is 2.38. The van der Waals surface area contributed by atoms with E-state index in [2.05, 4.69) is 20.2 Å². The van der Waals surface area contributed by atoms with E-state index < -0.39 is 0 Å². The number of ether oxygens (including phenoxy) is 2. The van der Waals surface area contributed by atoms with Gasteiger partial charge in [-0.05, 0) is 12.1 Å². The summed E-state index contributed by atoms with van der Waals surface area (Å²) in [5.74, 6) is 0.731. The van der Waals surface area contributed by atoms with Crippen LogP contribution in [0.4, 0.5) is 5.82 Å². The summed E-state index contributed by atoms with van der Waals surface area (Å²) >= 11 is 1.45. The zero-order valence-corrected chi connectivity index (χ0v) is 14.3. The van der Waals surface area contributed by atoms with Crippen LogP contribution in [-0.2, 0) is 9.47 Å². The van der Waals surface area contributed by atoms with E-state index in [1.165, 1.54) is 11.3 Å². The van der Waals surface area contributed by atoms with Crippen molar-refractivity contribution in [2.45, 2.75) is 0 Å². The largest absolute Gasteiger partial charge is 0.383 e. The molecule has 0 bridgehead atoms. The van der Waals surface area contributed by atoms with E-state index >= 15 is 0 Å². The average Bonchev–Trinajstić information content (AvgIpc) is 3.13. The highest BCUT2D eigenvalue weighted by Gasteiger charge is 2.15. The number of pyridine rings is 1. The van der Waals surface area contributed by atoms with Crippen molar-refractivity contribution in [3.8, 4) is 10.6 Å². The molecule has 0 atom stereocenters. The average molecular weight is 348 g/mol. The standard InChI is InChI=1S/C16H20N4O3S/c1-22-7-4-18-15(21)13-11-24-16(19-13)12-2-3-17-14(10-12)20-5-8-23-9-6-20/h2-3,10-11H,4-9H2,1H3,(H,18,21). The normalized spacial score (nSPS) is 14.6. The molecule has 8 heteroatoms. The Balaban J connectivity index is 1.71. The highest BCUT2D eigenvalue weighted by molar-refractivity contribution is 7.13. The van der Waals surface area contributed by atoms with Gasteiger partial charge in [0.25, 0.3) is 5.91 Å². The first kappa shape index (κ1) is 16.8. The Morgan fingerprint density at radius 3 is 3.08 bits per heavy atom. The van der Waals surface area contributed by atoms with Gasteiger partial charge < -0.3 is 19.7 Å². The molecule has 2 aromatic heterocycles. The Hall–Kier alpha value is -2.03. The fraction of sp³-hybridized carbons (Fsp3) is 0.438. The second-order valence-electron chi connectivity index (χ2n) is 5.29. The van der Waals surface area contributed by atoms with E-state index in [4.69, 9.17) is 9.47 Å². The molecule has 1 aliphatic rings. The zero-order chi connectivity index (χ0) is 16.8. The van der Waals surface area contributed by atoms with Crippen molar-refractivity contribution < 1.29 is 14.3 Å². The molecule has 128 valence electrons. The van der Waals surface area contributed by atoms with Crippen LogP contribution < -0.4 is 10.2 Å². The van der Waals surface area contributed by atoms with E-state index in [1.807, 2.05) is 12.1 Å². The lowest BCUT2D eigenvalue weighted by atomic mass is 10.2. The molecule has 1 fully saturated rings. The van der Waals surface area contributed by atoms with Gasteiger partial charge in [0, 0.05) is 43.9 Å². The highest BCUT2D eigenvalue weighted by atomic mass is 32.1. The van der Waals surface area contributed by atoms with E-state index in [1.54, 1.807) is 18.7 Å². The predicted octanol–water partition coefficient (Wildman–Crippen LogP) is 1.42. The molecule has 1 saturated heterocycles. The van der Waals surface area contributed by atoms with Gasteiger partial charge in [-0.15, -0.1) is 11.3 Å². The lowest BCUT2D eigenvalue weighted by Gasteiger charge is -2.27. The molecule has 2 aromatic rings. The molecule has 7 nitrogen and oxygen atoms in total. The summed E-state index contributed by atoms with van der Waals surface area (Å²) < 4.78 is 10.3. The van der Waals surface area contributed by atoms with Gasteiger partial charge in [-0.1, -0.05) is 0 Å². The third-order valence-corrected chi connectivity index (χ3v) is 4.55. The molecule has 1 N–H and O–H groups in total. The summed E-state index contributed by atoms with van der Waals surface area (Å²) in [5, 5.41) is 5.35. The topological polar surface area (TPSA) is 76.6 Å². The van der Waals surface area contributed by atoms with Gasteiger partial charge >= 0.3 is 0 Å². The number of thiazole rings is 1. The maximum absolute atomic E-state index is 12.0. The molecule has 24 heavy (non-hydrogen) atoms. The van der Waals surface area contributed by atoms with Crippen LogP contribution in [0.2, 0.25) is 0 Å². The quantitative estimate of drug-likeness (QED) is 0.796. The Morgan fingerprint density at radius 2 is 2.29 bits per heavy atom. The van der Waals surface area contributed by atoms with Gasteiger partial charge in [0.1, 0.15) is 16.5 Å². The number of morpholine rings is 1. The van der Waals surface area contributed by atoms with Crippen LogP contribution in [0.3, 0.4) is 0 Å². The van der Waals surface area contributed by atoms with Gasteiger partial charge in [-0.3, -0.25) is 4.79 Å². The first-order valence-electron chi connectivity index (χ1n) is 7.79. The zero-order valence-electron chi connectivity index (χ0n) is 13.5. The Morgan fingerprint density at radius 1 is 1.46 bits per heavy atom. The first-order valence-corrected chi connectivity index (χ1v) is 8.67. The third-order valence-electron chi connectivity index (χ3n) is 3.66. The third kappa shape index (κ3) is 4.08. The fourth-order valence-corrected chi connectivity index (χ4v) is 3.18. The van der Waals surface area contributed by atoms with Crippen molar-refractivity contribution in [2.24, 2.45) is 0 Å². The number of hydrogen-bond donors (Lipinski definition) is 1. The molecule has 1 aliphatic heterocycles. The summed E-state index contributed by atoms with van der Waals surface area (Å²) in [6.45, 7) is 4.06. The molecule has 0 aliphatic carbocycles. The molecule has 0 unspecified atom stereocenters. The Kier molecular flexibility index (Phi) is 5.73. The minimum Gasteiger partial charge on any atom is -0.383 e. The van der Waals surface area contributed by atoms with E-state index in [0.29, 0.717) is 18.8 Å². The molecule has 0 spiro atoms. The monoisotopic (exact) mass is 348 g/mol. The number of methoxy groups -OCH3 is 1. The van der Waals surface area contributed by atoms with Crippen LogP contribution in [0, 0.1) is 0 Å². The molecule has 0 saturated carbocycles. The number of nitrogens with one attached hydrogen (secondary N) is 1. The van der Waals surface area contributed by atoms with Crippen LogP contribution in [-0.4, -0.2) is 62.4 Å². The minimum atomic E-state index is -0.183. The van der Waals surface area contributed by atoms with Crippen molar-refractivity contribution in [3.05, 3.63) is 29.4 Å². The van der Waals surface area contributed by atoms with Crippen LogP contribution in [0.5, 0.6) is 0 Å². The summed E-state index contributed by atoms with van der Waals surface area (Å²) in [6.07, 6.45) is 1.78. The predicted molar refractivity (Wildman–Crippen MR) is 92.6 cm³/mol. The number of anilines is 1. The number of carbonyl (C=O) groups is 1. The summed E-state index contributed by atoms with van der Waals surface area (Å²) in [4.78, 5) is 23.1. The molecule has 3 rings (SSSR count). The number of nitrogens with zero attached hydrogens (tertiary/aromatic N) is 3. The van der Waals surface area contributed by atoms with Gasteiger partial charge in [0.05, 0.1) is 19.8 Å². The summed E-state index contributed by atoms with van der Waals surface area (Å²) in [6, 6.07) is 3.92. The summed E-state index contributed by atoms with van der Waals surface area (Å²) in [5.41, 5.74) is 1.39. The molecule has 0 aromatic carbocycles. The van der Waals surface area contributed by atoms with Crippen molar-refractivity contribution in [3.63, 3.8) is 0 Å². The maximum atomic E-state index is 12.0. The van der Waals surface area contributed by atoms with E-state index in [0.717, 1.165) is 42.7 Å². The first-order chi connectivity index (χ1) is 11.8. The Bertz CT molecular complexity index is 685. The van der Waals surface area contributed by atoms with E-state index in [9.17, 15) is 4.79 Å². The maximum Gasteiger partial charge on any atom is 0.270 e. The highest BCUT2D eigenvalue weighted by Crippen LogP contribution is 2.26. The van der Waals surface area contributed by atoms with Crippen LogP contribution in [0.25, 0.3) is 10.6 Å². The Labute approximate surface area is 144 Å². The smallest absolute Gasteiger partial charge is 0.270 e. The van der Waals surface area contributed by atoms with Crippen molar-refractivity contribution in [1.82, 2.24) is 15.3 Å². The second-order valence-corrected chi connectivity index (χ2v) is 6.15. The number of aromatic nitrogens is 2. The second kappa shape index (κ2) is 8.18. The lowest BCUT2D eigenvalue weighted by molar-refractivity contribution is 0.0933. The van der Waals surface area contributed by atoms with Gasteiger partial charge in [-0.2, -0.15) is 0 Å². The van der Waals surface area contributed by atoms with Crippen LogP contribution >= 0.6 is 11.3 Å². The SMILES string of the molecule is COCCNC(=O)c1csc(-c2ccnc(N3CCOCC3)c2)n1. The molecule has 3 heterocycles. The molecular formula is C16H20N4O3S. The van der Waals surface area contributed by atoms with Crippen molar-refractivity contribution >= 4 is 23.1 Å². The number of carbonyl (C=O) groups excluding carboxylic acids is 1. The van der Waals surface area contributed by atoms with Crippen molar-refractivity contribution in [1.29, 1.82) is 0 Å². The van der Waals surface area contributed by atoms with Crippen LogP contribution in [0.1, 0.15) is 10.5 Å². The lowest BCUT2D eigenvalue weighted by Crippen LogP contribution is -2.36. The van der Waals surface area contributed by atoms with Gasteiger partial charge in [0.15, 0.2) is 0 Å². The van der Waals surface area contributed by atoms with E-state index in [-0.39, 0.29) is 5.91 Å².